The highest BCUT2D eigenvalue weighted by molar-refractivity contribution is 7.88. The lowest BCUT2D eigenvalue weighted by atomic mass is 9.97. The average Bonchev–Trinajstić information content (AvgIpc) is 2.90. The van der Waals surface area contributed by atoms with Gasteiger partial charge >= 0.3 is 0 Å². The van der Waals surface area contributed by atoms with Crippen molar-refractivity contribution in [2.24, 2.45) is 0 Å². The number of benzene rings is 1. The minimum atomic E-state index is -3.47. The summed E-state index contributed by atoms with van der Waals surface area (Å²) in [6, 6.07) is 6.87. The summed E-state index contributed by atoms with van der Waals surface area (Å²) in [5.74, 6) is 0.855. The Labute approximate surface area is 141 Å². The normalized spacial score (nSPS) is 12.5. The molecule has 0 atom stereocenters. The molecular weight excluding hydrogens is 338 g/mol. The Morgan fingerprint density at radius 1 is 1.26 bits per heavy atom. The van der Waals surface area contributed by atoms with Gasteiger partial charge in [-0.25, -0.2) is 13.1 Å². The fourth-order valence-corrected chi connectivity index (χ4v) is 3.31. The van der Waals surface area contributed by atoms with E-state index in [4.69, 9.17) is 16.1 Å². The molecule has 0 aliphatic rings. The van der Waals surface area contributed by atoms with Crippen molar-refractivity contribution in [3.05, 3.63) is 46.6 Å². The van der Waals surface area contributed by atoms with Gasteiger partial charge in [0, 0.05) is 23.4 Å². The first kappa shape index (κ1) is 17.9. The van der Waals surface area contributed by atoms with Gasteiger partial charge in [-0.2, -0.15) is 4.98 Å². The molecule has 1 heterocycles. The summed E-state index contributed by atoms with van der Waals surface area (Å²) >= 11 is 5.98. The molecule has 8 heteroatoms. The molecule has 0 fully saturated rings. The molecule has 1 aromatic carbocycles. The average molecular weight is 358 g/mol. The fraction of sp³-hybridized carbons (Fsp3) is 0.467. The monoisotopic (exact) mass is 357 g/mol. The number of nitrogens with one attached hydrogen (secondary N) is 1. The van der Waals surface area contributed by atoms with Crippen molar-refractivity contribution >= 4 is 21.6 Å². The van der Waals surface area contributed by atoms with Gasteiger partial charge in [-0.15, -0.1) is 0 Å². The third kappa shape index (κ3) is 5.30. The van der Waals surface area contributed by atoms with E-state index in [0.717, 1.165) is 0 Å². The SMILES string of the molecule is CC(C)(C)c1nc(CCNS(=O)(=O)Cc2ccccc2Cl)no1. The second-order valence-corrected chi connectivity index (χ2v) is 8.47. The van der Waals surface area contributed by atoms with Gasteiger partial charge in [0.2, 0.25) is 15.9 Å². The number of nitrogens with zero attached hydrogens (tertiary/aromatic N) is 2. The maximum absolute atomic E-state index is 12.1. The largest absolute Gasteiger partial charge is 0.339 e. The first-order valence-corrected chi connectivity index (χ1v) is 9.24. The smallest absolute Gasteiger partial charge is 0.232 e. The number of aromatic nitrogens is 2. The van der Waals surface area contributed by atoms with Crippen LogP contribution >= 0.6 is 11.6 Å². The van der Waals surface area contributed by atoms with Crippen LogP contribution in [0.4, 0.5) is 0 Å². The zero-order chi connectivity index (χ0) is 17.1. The molecule has 23 heavy (non-hydrogen) atoms. The molecule has 0 saturated carbocycles. The van der Waals surface area contributed by atoms with Crippen LogP contribution in [0.5, 0.6) is 0 Å². The molecule has 1 aromatic heterocycles. The molecule has 0 aliphatic carbocycles. The highest BCUT2D eigenvalue weighted by Gasteiger charge is 2.21. The molecule has 0 unspecified atom stereocenters. The summed E-state index contributed by atoms with van der Waals surface area (Å²) in [4.78, 5) is 4.27. The van der Waals surface area contributed by atoms with Crippen LogP contribution < -0.4 is 4.72 Å². The van der Waals surface area contributed by atoms with Crippen molar-refractivity contribution in [1.29, 1.82) is 0 Å². The molecule has 0 aliphatic heterocycles. The van der Waals surface area contributed by atoms with Crippen LogP contribution in [-0.2, 0) is 27.6 Å². The molecule has 2 aromatic rings. The Morgan fingerprint density at radius 2 is 1.96 bits per heavy atom. The maximum atomic E-state index is 12.1. The van der Waals surface area contributed by atoms with Crippen LogP contribution in [0, 0.1) is 0 Å². The van der Waals surface area contributed by atoms with E-state index in [1.54, 1.807) is 24.3 Å². The van der Waals surface area contributed by atoms with Crippen LogP contribution in [0.15, 0.2) is 28.8 Å². The first-order chi connectivity index (χ1) is 10.7. The zero-order valence-corrected chi connectivity index (χ0v) is 14.9. The number of halogens is 1. The van der Waals surface area contributed by atoms with Gasteiger partial charge in [-0.05, 0) is 11.6 Å². The van der Waals surface area contributed by atoms with E-state index < -0.39 is 10.0 Å². The third-order valence-electron chi connectivity index (χ3n) is 3.08. The van der Waals surface area contributed by atoms with Gasteiger partial charge in [0.25, 0.3) is 0 Å². The summed E-state index contributed by atoms with van der Waals surface area (Å²) in [6.45, 7) is 6.11. The van der Waals surface area contributed by atoms with Crippen molar-refractivity contribution < 1.29 is 12.9 Å². The lowest BCUT2D eigenvalue weighted by molar-refractivity contribution is 0.318. The van der Waals surface area contributed by atoms with Crippen molar-refractivity contribution in [3.63, 3.8) is 0 Å². The van der Waals surface area contributed by atoms with Crippen LogP contribution in [-0.4, -0.2) is 25.1 Å². The second kappa shape index (κ2) is 6.98. The lowest BCUT2D eigenvalue weighted by Crippen LogP contribution is -2.27. The van der Waals surface area contributed by atoms with Gasteiger partial charge in [-0.3, -0.25) is 0 Å². The lowest BCUT2D eigenvalue weighted by Gasteiger charge is -2.10. The van der Waals surface area contributed by atoms with Crippen LogP contribution in [0.1, 0.15) is 38.0 Å². The van der Waals surface area contributed by atoms with E-state index in [2.05, 4.69) is 14.9 Å². The second-order valence-electron chi connectivity index (χ2n) is 6.26. The Morgan fingerprint density at radius 3 is 2.57 bits per heavy atom. The molecular formula is C15H20ClN3O3S. The molecule has 0 bridgehead atoms. The maximum Gasteiger partial charge on any atom is 0.232 e. The molecule has 0 spiro atoms. The minimum absolute atomic E-state index is 0.161. The van der Waals surface area contributed by atoms with Gasteiger partial charge in [-0.1, -0.05) is 55.7 Å². The molecule has 0 saturated heterocycles. The highest BCUT2D eigenvalue weighted by Crippen LogP contribution is 2.20. The van der Waals surface area contributed by atoms with Crippen LogP contribution in [0.2, 0.25) is 5.02 Å². The molecule has 6 nitrogen and oxygen atoms in total. The van der Waals surface area contributed by atoms with Crippen molar-refractivity contribution in [2.75, 3.05) is 6.54 Å². The van der Waals surface area contributed by atoms with E-state index in [9.17, 15) is 8.42 Å². The number of rotatable bonds is 6. The molecule has 2 rings (SSSR count). The zero-order valence-electron chi connectivity index (χ0n) is 13.3. The quantitative estimate of drug-likeness (QED) is 0.859. The topological polar surface area (TPSA) is 85.1 Å². The standard InChI is InChI=1S/C15H20ClN3O3S/c1-15(2,3)14-18-13(19-22-14)8-9-17-23(20,21)10-11-6-4-5-7-12(11)16/h4-7,17H,8-10H2,1-3H3. The predicted octanol–water partition coefficient (Wildman–Crippen LogP) is 2.68. The molecule has 0 amide bonds. The van der Waals surface area contributed by atoms with Crippen molar-refractivity contribution in [2.45, 2.75) is 38.4 Å². The summed E-state index contributed by atoms with van der Waals surface area (Å²) < 4.78 is 31.8. The fourth-order valence-electron chi connectivity index (χ4n) is 1.85. The van der Waals surface area contributed by atoms with E-state index >= 15 is 0 Å². The van der Waals surface area contributed by atoms with Gasteiger partial charge < -0.3 is 4.52 Å². The summed E-state index contributed by atoms with van der Waals surface area (Å²) in [5, 5.41) is 4.29. The first-order valence-electron chi connectivity index (χ1n) is 7.21. The third-order valence-corrected chi connectivity index (χ3v) is 4.79. The van der Waals surface area contributed by atoms with E-state index in [0.29, 0.717) is 28.7 Å². The summed E-state index contributed by atoms with van der Waals surface area (Å²) in [6.07, 6.45) is 0.362. The van der Waals surface area contributed by atoms with Gasteiger partial charge in [0.1, 0.15) is 0 Å². The number of hydrogen-bond donors (Lipinski definition) is 1. The summed E-state index contributed by atoms with van der Waals surface area (Å²) in [5.41, 5.74) is 0.339. The molecule has 1 N–H and O–H groups in total. The molecule has 126 valence electrons. The van der Waals surface area contributed by atoms with Crippen LogP contribution in [0.25, 0.3) is 0 Å². The van der Waals surface area contributed by atoms with Crippen LogP contribution in [0.3, 0.4) is 0 Å². The number of sulfonamides is 1. The van der Waals surface area contributed by atoms with E-state index in [-0.39, 0.29) is 17.7 Å². The van der Waals surface area contributed by atoms with Crippen molar-refractivity contribution in [3.8, 4) is 0 Å². The predicted molar refractivity (Wildman–Crippen MR) is 88.8 cm³/mol. The number of hydrogen-bond acceptors (Lipinski definition) is 5. The van der Waals surface area contributed by atoms with Gasteiger partial charge in [0.15, 0.2) is 5.82 Å². The summed E-state index contributed by atoms with van der Waals surface area (Å²) in [7, 11) is -3.47. The Kier molecular flexibility index (Phi) is 5.44. The highest BCUT2D eigenvalue weighted by atomic mass is 35.5. The van der Waals surface area contributed by atoms with E-state index in [1.165, 1.54) is 0 Å². The van der Waals surface area contributed by atoms with E-state index in [1.807, 2.05) is 20.8 Å². The Hall–Kier alpha value is -1.44. The minimum Gasteiger partial charge on any atom is -0.339 e. The van der Waals surface area contributed by atoms with Gasteiger partial charge in [0.05, 0.1) is 5.75 Å². The van der Waals surface area contributed by atoms with Crippen molar-refractivity contribution in [1.82, 2.24) is 14.9 Å². The molecule has 0 radical (unpaired) electrons. The Balaban J connectivity index is 1.90. The Bertz CT molecular complexity index is 766.